The van der Waals surface area contributed by atoms with Crippen LogP contribution in [0, 0.1) is 0 Å². The van der Waals surface area contributed by atoms with E-state index in [1.54, 1.807) is 0 Å². The van der Waals surface area contributed by atoms with Gasteiger partial charge in [0, 0.05) is 31.2 Å². The third-order valence-electron chi connectivity index (χ3n) is 6.17. The van der Waals surface area contributed by atoms with E-state index in [0.717, 1.165) is 51.3 Å². The molecule has 2 aliphatic heterocycles. The summed E-state index contributed by atoms with van der Waals surface area (Å²) in [6.07, 6.45) is 2.78. The number of hydrogen-bond acceptors (Lipinski definition) is 4. The van der Waals surface area contributed by atoms with Gasteiger partial charge in [-0.3, -0.25) is 4.99 Å². The Kier molecular flexibility index (Phi) is 5.61. The average molecular weight is 453 g/mol. The third kappa shape index (κ3) is 3.98. The molecule has 0 fully saturated rings. The van der Waals surface area contributed by atoms with Crippen molar-refractivity contribution in [2.24, 2.45) is 9.98 Å². The van der Waals surface area contributed by atoms with Gasteiger partial charge < -0.3 is 9.80 Å². The SMILES string of the molecule is C=C1C=C(C2=Nc3ccccc3C2)N=C(N(C)C(c2ccccc2)c2ccccc2Cl)N1C. The van der Waals surface area contributed by atoms with Crippen molar-refractivity contribution in [3.05, 3.63) is 125 Å². The summed E-state index contributed by atoms with van der Waals surface area (Å²) in [5.41, 5.74) is 7.08. The molecule has 5 rings (SSSR count). The molecule has 0 aliphatic carbocycles. The highest BCUT2D eigenvalue weighted by molar-refractivity contribution is 6.31. The predicted molar refractivity (Wildman–Crippen MR) is 137 cm³/mol. The Hall–Kier alpha value is -3.63. The number of nitrogens with zero attached hydrogens (tertiary/aromatic N) is 4. The van der Waals surface area contributed by atoms with Gasteiger partial charge in [-0.25, -0.2) is 4.99 Å². The minimum Gasteiger partial charge on any atom is -0.334 e. The van der Waals surface area contributed by atoms with Crippen LogP contribution in [0.25, 0.3) is 0 Å². The zero-order chi connectivity index (χ0) is 22.9. The monoisotopic (exact) mass is 452 g/mol. The maximum Gasteiger partial charge on any atom is 0.206 e. The van der Waals surface area contributed by atoms with Crippen LogP contribution in [-0.2, 0) is 6.42 Å². The van der Waals surface area contributed by atoms with Gasteiger partial charge in [0.25, 0.3) is 0 Å². The molecule has 0 amide bonds. The summed E-state index contributed by atoms with van der Waals surface area (Å²) in [6.45, 7) is 4.28. The van der Waals surface area contributed by atoms with Gasteiger partial charge >= 0.3 is 0 Å². The maximum atomic E-state index is 6.67. The lowest BCUT2D eigenvalue weighted by molar-refractivity contribution is 0.374. The van der Waals surface area contributed by atoms with Crippen molar-refractivity contribution in [3.8, 4) is 0 Å². The van der Waals surface area contributed by atoms with Crippen molar-refractivity contribution in [3.63, 3.8) is 0 Å². The molecular formula is C28H25ClN4. The Labute approximate surface area is 199 Å². The number of guanidine groups is 1. The van der Waals surface area contributed by atoms with E-state index in [4.69, 9.17) is 21.6 Å². The van der Waals surface area contributed by atoms with Gasteiger partial charge in [-0.15, -0.1) is 0 Å². The molecule has 5 heteroatoms. The summed E-state index contributed by atoms with van der Waals surface area (Å²) in [5, 5.41) is 0.725. The van der Waals surface area contributed by atoms with Gasteiger partial charge in [0.15, 0.2) is 0 Å². The average Bonchev–Trinajstić information content (AvgIpc) is 3.27. The number of para-hydroxylation sites is 1. The Morgan fingerprint density at radius 1 is 0.939 bits per heavy atom. The number of halogens is 1. The van der Waals surface area contributed by atoms with Crippen LogP contribution in [0.3, 0.4) is 0 Å². The molecular weight excluding hydrogens is 428 g/mol. The normalized spacial score (nSPS) is 16.0. The lowest BCUT2D eigenvalue weighted by Crippen LogP contribution is -2.43. The zero-order valence-corrected chi connectivity index (χ0v) is 19.5. The maximum absolute atomic E-state index is 6.67. The fraction of sp³-hybridized carbons (Fsp3) is 0.143. The minimum absolute atomic E-state index is 0.115. The van der Waals surface area contributed by atoms with Crippen molar-refractivity contribution >= 4 is 29.0 Å². The zero-order valence-electron chi connectivity index (χ0n) is 18.7. The van der Waals surface area contributed by atoms with Crippen LogP contribution in [0.5, 0.6) is 0 Å². The van der Waals surface area contributed by atoms with Crippen LogP contribution in [-0.4, -0.2) is 35.6 Å². The molecule has 0 radical (unpaired) electrons. The highest BCUT2D eigenvalue weighted by Crippen LogP contribution is 2.35. The van der Waals surface area contributed by atoms with Crippen molar-refractivity contribution in [2.45, 2.75) is 12.5 Å². The fourth-order valence-electron chi connectivity index (χ4n) is 4.40. The molecule has 164 valence electrons. The van der Waals surface area contributed by atoms with Crippen LogP contribution in [0.15, 0.2) is 113 Å². The van der Waals surface area contributed by atoms with Crippen LogP contribution >= 0.6 is 11.6 Å². The summed E-state index contributed by atoms with van der Waals surface area (Å²) >= 11 is 6.67. The Bertz CT molecular complexity index is 1310. The first-order valence-electron chi connectivity index (χ1n) is 10.9. The molecule has 3 aromatic carbocycles. The van der Waals surface area contributed by atoms with Gasteiger partial charge in [0.1, 0.15) is 0 Å². The largest absolute Gasteiger partial charge is 0.334 e. The smallest absolute Gasteiger partial charge is 0.206 e. The number of likely N-dealkylation sites (N-methyl/N-ethyl adjacent to an activating group) is 1. The van der Waals surface area contributed by atoms with E-state index in [2.05, 4.69) is 48.9 Å². The summed E-state index contributed by atoms with van der Waals surface area (Å²) in [6, 6.07) is 26.5. The van der Waals surface area contributed by atoms with Gasteiger partial charge in [0.2, 0.25) is 5.96 Å². The van der Waals surface area contributed by atoms with Gasteiger partial charge in [-0.05, 0) is 34.9 Å². The highest BCUT2D eigenvalue weighted by atomic mass is 35.5. The second-order valence-electron chi connectivity index (χ2n) is 8.30. The molecule has 0 spiro atoms. The molecule has 0 bridgehead atoms. The number of rotatable bonds is 4. The minimum atomic E-state index is -0.115. The summed E-state index contributed by atoms with van der Waals surface area (Å²) in [7, 11) is 4.04. The van der Waals surface area contributed by atoms with Crippen molar-refractivity contribution in [1.29, 1.82) is 0 Å². The Morgan fingerprint density at radius 2 is 1.64 bits per heavy atom. The van der Waals surface area contributed by atoms with E-state index in [0.29, 0.717) is 0 Å². The predicted octanol–water partition coefficient (Wildman–Crippen LogP) is 6.39. The van der Waals surface area contributed by atoms with E-state index in [-0.39, 0.29) is 6.04 Å². The molecule has 2 heterocycles. The molecule has 1 unspecified atom stereocenters. The number of fused-ring (bicyclic) bond motifs is 1. The van der Waals surface area contributed by atoms with Gasteiger partial charge in [-0.1, -0.05) is 84.9 Å². The second kappa shape index (κ2) is 8.72. The first kappa shape index (κ1) is 21.2. The molecule has 0 saturated carbocycles. The Balaban J connectivity index is 1.56. The van der Waals surface area contributed by atoms with E-state index in [1.165, 1.54) is 5.56 Å². The molecule has 0 N–H and O–H groups in total. The molecule has 0 saturated heterocycles. The number of allylic oxidation sites excluding steroid dienone is 2. The fourth-order valence-corrected chi connectivity index (χ4v) is 4.64. The summed E-state index contributed by atoms with van der Waals surface area (Å²) in [4.78, 5) is 14.1. The van der Waals surface area contributed by atoms with E-state index in [9.17, 15) is 0 Å². The van der Waals surface area contributed by atoms with Crippen LogP contribution in [0.1, 0.15) is 22.7 Å². The first-order valence-corrected chi connectivity index (χ1v) is 11.3. The van der Waals surface area contributed by atoms with Crippen LogP contribution in [0.4, 0.5) is 5.69 Å². The summed E-state index contributed by atoms with van der Waals surface area (Å²) in [5.74, 6) is 0.796. The number of aliphatic imine (C=N–C) groups is 2. The van der Waals surface area contributed by atoms with E-state index < -0.39 is 0 Å². The Morgan fingerprint density at radius 3 is 2.39 bits per heavy atom. The molecule has 4 nitrogen and oxygen atoms in total. The molecule has 0 aromatic heterocycles. The molecule has 3 aromatic rings. The number of hydrogen-bond donors (Lipinski definition) is 0. The van der Waals surface area contributed by atoms with Crippen molar-refractivity contribution < 1.29 is 0 Å². The third-order valence-corrected chi connectivity index (χ3v) is 6.52. The first-order chi connectivity index (χ1) is 16.0. The van der Waals surface area contributed by atoms with Crippen LogP contribution < -0.4 is 0 Å². The number of benzene rings is 3. The van der Waals surface area contributed by atoms with E-state index >= 15 is 0 Å². The molecule has 33 heavy (non-hydrogen) atoms. The standard InChI is InChI=1S/C28H25ClN4/c1-19-17-25(26-18-21-13-7-10-16-24(21)30-26)31-28(32(19)2)33(3)27(20-11-5-4-6-12-20)22-14-8-9-15-23(22)29/h4-17,27H,1,18H2,2-3H3. The van der Waals surface area contributed by atoms with Crippen molar-refractivity contribution in [1.82, 2.24) is 9.80 Å². The lowest BCUT2D eigenvalue weighted by atomic mass is 9.97. The van der Waals surface area contributed by atoms with E-state index in [1.807, 2.05) is 66.6 Å². The van der Waals surface area contributed by atoms with Gasteiger partial charge in [-0.2, -0.15) is 0 Å². The van der Waals surface area contributed by atoms with Gasteiger partial charge in [0.05, 0.1) is 23.1 Å². The second-order valence-corrected chi connectivity index (χ2v) is 8.71. The quantitative estimate of drug-likeness (QED) is 0.459. The highest BCUT2D eigenvalue weighted by Gasteiger charge is 2.30. The van der Waals surface area contributed by atoms with Crippen LogP contribution in [0.2, 0.25) is 5.02 Å². The summed E-state index contributed by atoms with van der Waals surface area (Å²) < 4.78 is 0. The molecule has 1 atom stereocenters. The van der Waals surface area contributed by atoms with Crippen molar-refractivity contribution in [2.75, 3.05) is 14.1 Å². The lowest BCUT2D eigenvalue weighted by Gasteiger charge is -2.38. The topological polar surface area (TPSA) is 31.2 Å². The molecule has 2 aliphatic rings.